The van der Waals surface area contributed by atoms with E-state index >= 15 is 0 Å². The fraction of sp³-hybridized carbons (Fsp3) is 0.435. The van der Waals surface area contributed by atoms with Crippen LogP contribution in [0.2, 0.25) is 0 Å². The molecule has 2 N–H and O–H groups in total. The van der Waals surface area contributed by atoms with E-state index < -0.39 is 16.1 Å². The van der Waals surface area contributed by atoms with Crippen molar-refractivity contribution in [2.45, 2.75) is 62.9 Å². The molecule has 1 aliphatic carbocycles. The first-order chi connectivity index (χ1) is 13.8. The van der Waals surface area contributed by atoms with Gasteiger partial charge in [0, 0.05) is 12.5 Å². The lowest BCUT2D eigenvalue weighted by Gasteiger charge is -2.30. The van der Waals surface area contributed by atoms with Crippen molar-refractivity contribution in [3.8, 4) is 0 Å². The molecule has 5 nitrogen and oxygen atoms in total. The van der Waals surface area contributed by atoms with Gasteiger partial charge in [0.1, 0.15) is 0 Å². The summed E-state index contributed by atoms with van der Waals surface area (Å²) in [5.41, 5.74) is 1.76. The highest BCUT2D eigenvalue weighted by molar-refractivity contribution is 7.89. The molecule has 2 aromatic carbocycles. The van der Waals surface area contributed by atoms with Crippen LogP contribution in [0.1, 0.15) is 56.2 Å². The van der Waals surface area contributed by atoms with Gasteiger partial charge in [-0.15, -0.1) is 0 Å². The Morgan fingerprint density at radius 1 is 1.03 bits per heavy atom. The fourth-order valence-electron chi connectivity index (χ4n) is 3.87. The molecule has 0 bridgehead atoms. The van der Waals surface area contributed by atoms with Gasteiger partial charge in [0.05, 0.1) is 10.9 Å². The van der Waals surface area contributed by atoms with Gasteiger partial charge in [-0.3, -0.25) is 4.79 Å². The molecule has 0 saturated heterocycles. The summed E-state index contributed by atoms with van der Waals surface area (Å²) >= 11 is 0. The highest BCUT2D eigenvalue weighted by atomic mass is 32.2. The minimum atomic E-state index is -3.74. The molecule has 0 heterocycles. The van der Waals surface area contributed by atoms with Crippen LogP contribution in [-0.2, 0) is 14.8 Å². The summed E-state index contributed by atoms with van der Waals surface area (Å²) in [4.78, 5) is 13.0. The Balaban J connectivity index is 1.76. The van der Waals surface area contributed by atoms with E-state index in [1.807, 2.05) is 37.3 Å². The molecule has 2 aromatic rings. The minimum absolute atomic E-state index is 0.0678. The highest BCUT2D eigenvalue weighted by Gasteiger charge is 2.27. The Bertz CT molecular complexity index is 911. The second-order valence-corrected chi connectivity index (χ2v) is 9.75. The lowest BCUT2D eigenvalue weighted by atomic mass is 9.86. The lowest BCUT2D eigenvalue weighted by molar-refractivity contribution is -0.122. The van der Waals surface area contributed by atoms with E-state index in [-0.39, 0.29) is 23.3 Å². The van der Waals surface area contributed by atoms with Crippen LogP contribution in [0.15, 0.2) is 59.5 Å². The quantitative estimate of drug-likeness (QED) is 0.716. The van der Waals surface area contributed by atoms with Gasteiger partial charge in [-0.1, -0.05) is 67.8 Å². The summed E-state index contributed by atoms with van der Waals surface area (Å²) in [5, 5.41) is 3.13. The van der Waals surface area contributed by atoms with Crippen LogP contribution < -0.4 is 10.0 Å². The third-order valence-electron chi connectivity index (χ3n) is 5.68. The molecule has 0 radical (unpaired) electrons. The van der Waals surface area contributed by atoms with Gasteiger partial charge in [0.2, 0.25) is 15.9 Å². The van der Waals surface area contributed by atoms with E-state index in [9.17, 15) is 13.2 Å². The van der Waals surface area contributed by atoms with Crippen molar-refractivity contribution < 1.29 is 13.2 Å². The topological polar surface area (TPSA) is 75.3 Å². The second kappa shape index (κ2) is 9.55. The van der Waals surface area contributed by atoms with Gasteiger partial charge in [-0.05, 0) is 43.4 Å². The molecule has 1 aliphatic rings. The fourth-order valence-corrected chi connectivity index (χ4v) is 5.09. The number of amides is 1. The Morgan fingerprint density at radius 2 is 1.69 bits per heavy atom. The number of carbonyl (C=O) groups excluding carboxylic acids is 1. The number of benzene rings is 2. The van der Waals surface area contributed by atoms with E-state index in [1.54, 1.807) is 24.3 Å². The van der Waals surface area contributed by atoms with Crippen LogP contribution in [-0.4, -0.2) is 20.4 Å². The first-order valence-corrected chi connectivity index (χ1v) is 11.8. The Morgan fingerprint density at radius 3 is 2.34 bits per heavy atom. The summed E-state index contributed by atoms with van der Waals surface area (Å²) in [6.45, 7) is 4.08. The highest BCUT2D eigenvalue weighted by Crippen LogP contribution is 2.25. The minimum Gasteiger partial charge on any atom is -0.353 e. The molecule has 0 aromatic heterocycles. The first kappa shape index (κ1) is 21.5. The molecule has 3 atom stereocenters. The molecule has 0 spiro atoms. The molecular weight excluding hydrogens is 384 g/mol. The predicted octanol–water partition coefficient (Wildman–Crippen LogP) is 4.10. The third kappa shape index (κ3) is 5.90. The predicted molar refractivity (Wildman–Crippen MR) is 115 cm³/mol. The van der Waals surface area contributed by atoms with Gasteiger partial charge in [-0.2, -0.15) is 0 Å². The van der Waals surface area contributed by atoms with E-state index in [4.69, 9.17) is 0 Å². The van der Waals surface area contributed by atoms with E-state index in [0.29, 0.717) is 5.92 Å². The number of sulfonamides is 1. The van der Waals surface area contributed by atoms with Crippen molar-refractivity contribution in [3.63, 3.8) is 0 Å². The normalized spacial score (nSPS) is 20.8. The number of hydrogen-bond donors (Lipinski definition) is 2. The van der Waals surface area contributed by atoms with Crippen molar-refractivity contribution in [1.82, 2.24) is 10.0 Å². The van der Waals surface area contributed by atoms with Crippen LogP contribution in [0.4, 0.5) is 0 Å². The summed E-state index contributed by atoms with van der Waals surface area (Å²) in [6, 6.07) is 15.5. The zero-order chi connectivity index (χ0) is 20.9. The van der Waals surface area contributed by atoms with Crippen LogP contribution in [0, 0.1) is 12.8 Å². The van der Waals surface area contributed by atoms with Gasteiger partial charge in [0.25, 0.3) is 0 Å². The molecule has 0 unspecified atom stereocenters. The molecule has 3 rings (SSSR count). The Hall–Kier alpha value is -2.18. The smallest absolute Gasteiger partial charge is 0.241 e. The SMILES string of the molecule is Cc1ccc(S(=O)(=O)N[C@H](CC(=O)N[C@@H]2CCCC[C@H]2C)c2ccccc2)cc1. The van der Waals surface area contributed by atoms with Crippen molar-refractivity contribution in [2.75, 3.05) is 0 Å². The number of carbonyl (C=O) groups is 1. The second-order valence-electron chi connectivity index (χ2n) is 8.04. The van der Waals surface area contributed by atoms with Crippen LogP contribution in [0.25, 0.3) is 0 Å². The Kier molecular flexibility index (Phi) is 7.09. The number of aryl methyl sites for hydroxylation is 1. The maximum atomic E-state index is 12.9. The summed E-state index contributed by atoms with van der Waals surface area (Å²) < 4.78 is 28.6. The van der Waals surface area contributed by atoms with Gasteiger partial charge >= 0.3 is 0 Å². The van der Waals surface area contributed by atoms with Crippen molar-refractivity contribution in [3.05, 3.63) is 65.7 Å². The summed E-state index contributed by atoms with van der Waals surface area (Å²) in [6.07, 6.45) is 4.50. The van der Waals surface area contributed by atoms with Crippen LogP contribution in [0.5, 0.6) is 0 Å². The zero-order valence-electron chi connectivity index (χ0n) is 17.1. The van der Waals surface area contributed by atoms with Gasteiger partial charge in [-0.25, -0.2) is 13.1 Å². The molecule has 0 aliphatic heterocycles. The van der Waals surface area contributed by atoms with Crippen molar-refractivity contribution in [1.29, 1.82) is 0 Å². The first-order valence-electron chi connectivity index (χ1n) is 10.3. The molecule has 156 valence electrons. The largest absolute Gasteiger partial charge is 0.353 e. The Labute approximate surface area is 174 Å². The molecule has 1 fully saturated rings. The van der Waals surface area contributed by atoms with Crippen LogP contribution in [0.3, 0.4) is 0 Å². The third-order valence-corrected chi connectivity index (χ3v) is 7.17. The maximum absolute atomic E-state index is 12.9. The van der Waals surface area contributed by atoms with Crippen molar-refractivity contribution >= 4 is 15.9 Å². The van der Waals surface area contributed by atoms with Gasteiger partial charge < -0.3 is 5.32 Å². The molecule has 1 amide bonds. The maximum Gasteiger partial charge on any atom is 0.241 e. The molecule has 6 heteroatoms. The molecular formula is C23H30N2O3S. The standard InChI is InChI=1S/C23H30N2O3S/c1-17-12-14-20(15-13-17)29(27,28)25-22(19-9-4-3-5-10-19)16-23(26)24-21-11-7-6-8-18(21)2/h3-5,9-10,12-15,18,21-22,25H,6-8,11,16H2,1-2H3,(H,24,26)/t18-,21-,22-/m1/s1. The summed E-state index contributed by atoms with van der Waals surface area (Å²) in [5.74, 6) is 0.330. The van der Waals surface area contributed by atoms with E-state index in [2.05, 4.69) is 17.0 Å². The number of nitrogens with one attached hydrogen (secondary N) is 2. The van der Waals surface area contributed by atoms with Crippen molar-refractivity contribution in [2.24, 2.45) is 5.92 Å². The molecule has 1 saturated carbocycles. The average Bonchev–Trinajstić information content (AvgIpc) is 2.70. The lowest BCUT2D eigenvalue weighted by Crippen LogP contribution is -2.42. The van der Waals surface area contributed by atoms with E-state index in [1.165, 1.54) is 6.42 Å². The van der Waals surface area contributed by atoms with Crippen LogP contribution >= 0.6 is 0 Å². The summed E-state index contributed by atoms with van der Waals surface area (Å²) in [7, 11) is -3.74. The number of hydrogen-bond acceptors (Lipinski definition) is 3. The van der Waals surface area contributed by atoms with E-state index in [0.717, 1.165) is 30.4 Å². The average molecular weight is 415 g/mol. The van der Waals surface area contributed by atoms with Gasteiger partial charge in [0.15, 0.2) is 0 Å². The number of rotatable bonds is 7. The molecule has 29 heavy (non-hydrogen) atoms. The monoisotopic (exact) mass is 414 g/mol. The zero-order valence-corrected chi connectivity index (χ0v) is 17.9.